The topological polar surface area (TPSA) is 82.9 Å². The molecule has 0 aliphatic heterocycles. The van der Waals surface area contributed by atoms with Gasteiger partial charge in [-0.3, -0.25) is 0 Å². The van der Waals surface area contributed by atoms with Crippen molar-refractivity contribution >= 4 is 10.0 Å². The summed E-state index contributed by atoms with van der Waals surface area (Å²) in [4.78, 5) is 2.39. The Morgan fingerprint density at radius 2 is 1.72 bits per heavy atom. The van der Waals surface area contributed by atoms with Gasteiger partial charge in [0.25, 0.3) is 10.0 Å². The van der Waals surface area contributed by atoms with Crippen LogP contribution >= 0.6 is 0 Å². The van der Waals surface area contributed by atoms with E-state index >= 15 is 0 Å². The molecule has 1 aromatic carbocycles. The van der Waals surface area contributed by atoms with Crippen LogP contribution in [0.5, 0.6) is 0 Å². The Morgan fingerprint density at radius 1 is 1.11 bits per heavy atom. The smallest absolute Gasteiger partial charge is 0.216 e. The van der Waals surface area contributed by atoms with Gasteiger partial charge in [-0.2, -0.15) is 0 Å². The molecule has 6 heteroatoms. The van der Waals surface area contributed by atoms with Gasteiger partial charge in [0.15, 0.2) is 0 Å². The number of benzene rings is 1. The minimum Gasteiger partial charge on any atom is -0.216 e. The maximum Gasteiger partial charge on any atom is 0.264 e. The Morgan fingerprint density at radius 3 is 2.28 bits per heavy atom. The molecule has 0 N–H and O–H groups in total. The van der Waals surface area contributed by atoms with Crippen molar-refractivity contribution in [3.63, 3.8) is 0 Å². The molecule has 0 unspecified atom stereocenters. The normalized spacial score (nSPS) is 17.1. The zero-order valence-corrected chi connectivity index (χ0v) is 10.8. The summed E-state index contributed by atoms with van der Waals surface area (Å²) in [6.45, 7) is 0. The molecule has 0 saturated heterocycles. The average molecular weight is 265 g/mol. The first-order chi connectivity index (χ1) is 8.63. The maximum absolute atomic E-state index is 11.5. The van der Waals surface area contributed by atoms with Crippen molar-refractivity contribution in [2.75, 3.05) is 0 Å². The second-order valence-electron chi connectivity index (χ2n) is 4.55. The SMILES string of the molecule is [N-]=[N+]=NS(=O)(=O)c1ccc(C2CCCCC2)cc1. The summed E-state index contributed by atoms with van der Waals surface area (Å²) in [5.41, 5.74) is 9.38. The number of hydrogen-bond donors (Lipinski definition) is 0. The molecular weight excluding hydrogens is 250 g/mol. The van der Waals surface area contributed by atoms with Crippen LogP contribution < -0.4 is 0 Å². The van der Waals surface area contributed by atoms with Crippen molar-refractivity contribution in [1.82, 2.24) is 0 Å². The summed E-state index contributed by atoms with van der Waals surface area (Å²) in [6, 6.07) is 6.70. The van der Waals surface area contributed by atoms with Gasteiger partial charge < -0.3 is 0 Å². The first-order valence-corrected chi connectivity index (χ1v) is 7.49. The van der Waals surface area contributed by atoms with Crippen LogP contribution in [-0.4, -0.2) is 8.42 Å². The van der Waals surface area contributed by atoms with E-state index in [1.54, 1.807) is 0 Å². The van der Waals surface area contributed by atoms with Crippen LogP contribution in [0.25, 0.3) is 10.4 Å². The van der Waals surface area contributed by atoms with Crippen molar-refractivity contribution < 1.29 is 8.42 Å². The Balaban J connectivity index is 2.22. The predicted octanol–water partition coefficient (Wildman–Crippen LogP) is 3.73. The minimum absolute atomic E-state index is 0.0554. The Kier molecular flexibility index (Phi) is 3.89. The van der Waals surface area contributed by atoms with Gasteiger partial charge >= 0.3 is 0 Å². The lowest BCUT2D eigenvalue weighted by molar-refractivity contribution is 0.443. The van der Waals surface area contributed by atoms with E-state index in [2.05, 4.69) is 9.43 Å². The number of sulfonamides is 1. The number of nitrogens with zero attached hydrogens (tertiary/aromatic N) is 3. The molecular formula is C12H15N3O2S. The number of azide groups is 1. The fourth-order valence-corrected chi connectivity index (χ4v) is 3.11. The lowest BCUT2D eigenvalue weighted by Crippen LogP contribution is -2.04. The molecule has 96 valence electrons. The van der Waals surface area contributed by atoms with Crippen molar-refractivity contribution in [2.24, 2.45) is 4.52 Å². The van der Waals surface area contributed by atoms with E-state index in [-0.39, 0.29) is 4.90 Å². The van der Waals surface area contributed by atoms with Gasteiger partial charge in [-0.1, -0.05) is 31.4 Å². The third kappa shape index (κ3) is 2.83. The van der Waals surface area contributed by atoms with Crippen molar-refractivity contribution in [2.45, 2.75) is 42.9 Å². The van der Waals surface area contributed by atoms with E-state index in [1.807, 2.05) is 12.1 Å². The van der Waals surface area contributed by atoms with Gasteiger partial charge in [0, 0.05) is 9.43 Å². The average Bonchev–Trinajstić information content (AvgIpc) is 2.40. The molecule has 0 atom stereocenters. The molecule has 0 bridgehead atoms. The van der Waals surface area contributed by atoms with E-state index in [0.717, 1.165) is 0 Å². The molecule has 0 heterocycles. The summed E-state index contributed by atoms with van der Waals surface area (Å²) < 4.78 is 25.8. The molecule has 5 nitrogen and oxygen atoms in total. The van der Waals surface area contributed by atoms with Crippen LogP contribution in [0.15, 0.2) is 33.7 Å². The summed E-state index contributed by atoms with van der Waals surface area (Å²) in [7, 11) is -3.85. The summed E-state index contributed by atoms with van der Waals surface area (Å²) in [5, 5.41) is 0. The highest BCUT2D eigenvalue weighted by atomic mass is 32.2. The predicted molar refractivity (Wildman–Crippen MR) is 68.6 cm³/mol. The highest BCUT2D eigenvalue weighted by molar-refractivity contribution is 7.90. The first kappa shape index (κ1) is 12.9. The van der Waals surface area contributed by atoms with Crippen LogP contribution in [0.2, 0.25) is 0 Å². The molecule has 2 rings (SSSR count). The standard InChI is InChI=1S/C12H15N3O2S/c13-14-15-18(16,17)12-8-6-11(7-9-12)10-4-2-1-3-5-10/h6-10H,1-5H2. The Hall–Kier alpha value is -1.52. The third-order valence-corrected chi connectivity index (χ3v) is 4.55. The van der Waals surface area contributed by atoms with E-state index in [4.69, 9.17) is 5.53 Å². The Labute approximate surface area is 107 Å². The Bertz CT molecular complexity index is 553. The van der Waals surface area contributed by atoms with Gasteiger partial charge in [0.2, 0.25) is 0 Å². The second kappa shape index (κ2) is 5.42. The van der Waals surface area contributed by atoms with Gasteiger partial charge in [0.1, 0.15) is 0 Å². The van der Waals surface area contributed by atoms with Gasteiger partial charge in [-0.25, -0.2) is 8.42 Å². The number of hydrogen-bond acceptors (Lipinski definition) is 2. The summed E-state index contributed by atoms with van der Waals surface area (Å²) in [5.74, 6) is 0.537. The van der Waals surface area contributed by atoms with Crippen LogP contribution in [0.1, 0.15) is 43.6 Å². The van der Waals surface area contributed by atoms with Crippen molar-refractivity contribution in [3.05, 3.63) is 40.3 Å². The third-order valence-electron chi connectivity index (χ3n) is 3.40. The summed E-state index contributed by atoms with van der Waals surface area (Å²) in [6.07, 6.45) is 6.11. The highest BCUT2D eigenvalue weighted by Gasteiger charge is 2.17. The quantitative estimate of drug-likeness (QED) is 0.474. The van der Waals surface area contributed by atoms with E-state index in [1.165, 1.54) is 49.8 Å². The minimum atomic E-state index is -3.85. The molecule has 1 saturated carbocycles. The molecule has 18 heavy (non-hydrogen) atoms. The second-order valence-corrected chi connectivity index (χ2v) is 6.13. The molecule has 0 amide bonds. The fourth-order valence-electron chi connectivity index (χ4n) is 2.44. The van der Waals surface area contributed by atoms with Gasteiger partial charge in [-0.15, -0.1) is 0 Å². The lowest BCUT2D eigenvalue weighted by Gasteiger charge is -2.21. The van der Waals surface area contributed by atoms with Crippen LogP contribution in [-0.2, 0) is 10.0 Å². The molecule has 1 aliphatic rings. The summed E-state index contributed by atoms with van der Waals surface area (Å²) >= 11 is 0. The molecule has 0 radical (unpaired) electrons. The van der Waals surface area contributed by atoms with E-state index < -0.39 is 10.0 Å². The van der Waals surface area contributed by atoms with Crippen LogP contribution in [0.3, 0.4) is 0 Å². The van der Waals surface area contributed by atoms with Crippen molar-refractivity contribution in [3.8, 4) is 0 Å². The zero-order chi connectivity index (χ0) is 13.0. The largest absolute Gasteiger partial charge is 0.264 e. The van der Waals surface area contributed by atoms with E-state index in [0.29, 0.717) is 5.92 Å². The van der Waals surface area contributed by atoms with Crippen LogP contribution in [0.4, 0.5) is 0 Å². The highest BCUT2D eigenvalue weighted by Crippen LogP contribution is 2.32. The first-order valence-electron chi connectivity index (χ1n) is 6.05. The molecule has 0 aromatic heterocycles. The maximum atomic E-state index is 11.5. The zero-order valence-electron chi connectivity index (χ0n) is 9.99. The molecule has 1 aliphatic carbocycles. The van der Waals surface area contributed by atoms with Crippen LogP contribution in [0, 0.1) is 0 Å². The fraction of sp³-hybridized carbons (Fsp3) is 0.500. The number of rotatable bonds is 3. The molecule has 1 fully saturated rings. The van der Waals surface area contributed by atoms with Gasteiger partial charge in [0.05, 0.1) is 4.90 Å². The van der Waals surface area contributed by atoms with Crippen molar-refractivity contribution in [1.29, 1.82) is 0 Å². The van der Waals surface area contributed by atoms with Gasteiger partial charge in [-0.05, 0) is 42.0 Å². The monoisotopic (exact) mass is 265 g/mol. The molecule has 0 spiro atoms. The lowest BCUT2D eigenvalue weighted by atomic mass is 9.84. The van der Waals surface area contributed by atoms with E-state index in [9.17, 15) is 8.42 Å². The molecule has 1 aromatic rings.